The molecular formula is C12H23N3. The molecule has 3 nitrogen and oxygen atoms in total. The van der Waals surface area contributed by atoms with Crippen LogP contribution in [-0.4, -0.2) is 22.9 Å². The van der Waals surface area contributed by atoms with Gasteiger partial charge in [-0.15, -0.1) is 0 Å². The van der Waals surface area contributed by atoms with E-state index in [0.717, 1.165) is 32.0 Å². The third-order valence-electron chi connectivity index (χ3n) is 2.57. The van der Waals surface area contributed by atoms with E-state index in [1.807, 2.05) is 23.1 Å². The molecule has 0 amide bonds. The minimum atomic E-state index is 0.805. The lowest BCUT2D eigenvalue weighted by Crippen LogP contribution is -2.23. The number of nitrogens with one attached hydrogen (secondary N) is 1. The van der Waals surface area contributed by atoms with Crippen molar-refractivity contribution in [2.45, 2.75) is 39.7 Å². The van der Waals surface area contributed by atoms with Gasteiger partial charge in [0.25, 0.3) is 0 Å². The van der Waals surface area contributed by atoms with E-state index in [9.17, 15) is 0 Å². The number of nitrogens with zero attached hydrogens (tertiary/aromatic N) is 2. The highest BCUT2D eigenvalue weighted by molar-refractivity contribution is 4.77. The molecule has 1 heterocycles. The summed E-state index contributed by atoms with van der Waals surface area (Å²) in [6.07, 6.45) is 7.61. The second-order valence-corrected chi connectivity index (χ2v) is 4.22. The van der Waals surface area contributed by atoms with Crippen molar-refractivity contribution in [3.05, 3.63) is 18.5 Å². The first-order valence-electron chi connectivity index (χ1n) is 6.01. The highest BCUT2D eigenvalue weighted by Gasteiger charge is 1.98. The third kappa shape index (κ3) is 5.57. The van der Waals surface area contributed by atoms with Gasteiger partial charge in [0.05, 0.1) is 0 Å². The molecule has 1 aromatic heterocycles. The quantitative estimate of drug-likeness (QED) is 0.666. The zero-order valence-electron chi connectivity index (χ0n) is 9.95. The van der Waals surface area contributed by atoms with E-state index >= 15 is 0 Å². The molecular weight excluding hydrogens is 186 g/mol. The zero-order valence-corrected chi connectivity index (χ0v) is 9.95. The number of rotatable bonds is 8. The Hall–Kier alpha value is -0.830. The average molecular weight is 209 g/mol. The molecule has 0 aliphatic heterocycles. The molecule has 1 atom stereocenters. The first-order valence-corrected chi connectivity index (χ1v) is 6.01. The molecule has 15 heavy (non-hydrogen) atoms. The highest BCUT2D eigenvalue weighted by atomic mass is 15.3. The molecule has 0 saturated carbocycles. The Morgan fingerprint density at radius 2 is 2.33 bits per heavy atom. The van der Waals surface area contributed by atoms with E-state index in [-0.39, 0.29) is 0 Å². The summed E-state index contributed by atoms with van der Waals surface area (Å²) in [6, 6.07) is 1.97. The smallest absolute Gasteiger partial charge is 0.0489 e. The van der Waals surface area contributed by atoms with Crippen molar-refractivity contribution in [3.8, 4) is 0 Å². The van der Waals surface area contributed by atoms with Crippen LogP contribution in [0.3, 0.4) is 0 Å². The summed E-state index contributed by atoms with van der Waals surface area (Å²) in [5.41, 5.74) is 0. The lowest BCUT2D eigenvalue weighted by Gasteiger charge is -2.11. The van der Waals surface area contributed by atoms with E-state index in [4.69, 9.17) is 0 Å². The fourth-order valence-electron chi connectivity index (χ4n) is 1.74. The van der Waals surface area contributed by atoms with Gasteiger partial charge in [-0.1, -0.05) is 20.3 Å². The lowest BCUT2D eigenvalue weighted by atomic mass is 10.1. The van der Waals surface area contributed by atoms with Crippen LogP contribution in [0.2, 0.25) is 0 Å². The van der Waals surface area contributed by atoms with E-state index in [0.29, 0.717) is 0 Å². The van der Waals surface area contributed by atoms with Crippen LogP contribution in [0.4, 0.5) is 0 Å². The lowest BCUT2D eigenvalue weighted by molar-refractivity contribution is 0.460. The largest absolute Gasteiger partial charge is 0.316 e. The molecule has 0 bridgehead atoms. The second kappa shape index (κ2) is 7.46. The molecule has 0 radical (unpaired) electrons. The van der Waals surface area contributed by atoms with E-state index in [1.54, 1.807) is 0 Å². The molecule has 1 aromatic rings. The predicted molar refractivity (Wildman–Crippen MR) is 63.8 cm³/mol. The van der Waals surface area contributed by atoms with Crippen molar-refractivity contribution in [2.75, 3.05) is 13.1 Å². The van der Waals surface area contributed by atoms with Crippen LogP contribution in [0.15, 0.2) is 18.5 Å². The van der Waals surface area contributed by atoms with Crippen LogP contribution in [-0.2, 0) is 6.54 Å². The standard InChI is InChI=1S/C12H23N3/c1-3-6-12(2)11-13-7-4-9-15-10-5-8-14-15/h5,8,10,12-13H,3-4,6-7,9,11H2,1-2H3. The minimum Gasteiger partial charge on any atom is -0.316 e. The van der Waals surface area contributed by atoms with Gasteiger partial charge < -0.3 is 5.32 Å². The molecule has 0 aliphatic carbocycles. The van der Waals surface area contributed by atoms with Crippen LogP contribution < -0.4 is 5.32 Å². The molecule has 0 aromatic carbocycles. The van der Waals surface area contributed by atoms with Crippen molar-refractivity contribution in [1.29, 1.82) is 0 Å². The Morgan fingerprint density at radius 1 is 1.47 bits per heavy atom. The number of hydrogen-bond donors (Lipinski definition) is 1. The Bertz CT molecular complexity index is 231. The minimum absolute atomic E-state index is 0.805. The molecule has 0 spiro atoms. The van der Waals surface area contributed by atoms with Crippen LogP contribution in [0.5, 0.6) is 0 Å². The summed E-state index contributed by atoms with van der Waals surface area (Å²) in [6.45, 7) is 7.81. The molecule has 1 N–H and O–H groups in total. The Kier molecular flexibility index (Phi) is 6.09. The summed E-state index contributed by atoms with van der Waals surface area (Å²) in [5.74, 6) is 0.805. The molecule has 0 fully saturated rings. The number of hydrogen-bond acceptors (Lipinski definition) is 2. The maximum Gasteiger partial charge on any atom is 0.0489 e. The molecule has 86 valence electrons. The van der Waals surface area contributed by atoms with Gasteiger partial charge in [0.2, 0.25) is 0 Å². The molecule has 0 saturated heterocycles. The van der Waals surface area contributed by atoms with Gasteiger partial charge in [0.1, 0.15) is 0 Å². The first kappa shape index (κ1) is 12.2. The van der Waals surface area contributed by atoms with Gasteiger partial charge in [-0.25, -0.2) is 0 Å². The van der Waals surface area contributed by atoms with Crippen LogP contribution in [0.25, 0.3) is 0 Å². The second-order valence-electron chi connectivity index (χ2n) is 4.22. The van der Waals surface area contributed by atoms with Gasteiger partial charge in [-0.2, -0.15) is 5.10 Å². The maximum atomic E-state index is 4.17. The van der Waals surface area contributed by atoms with E-state index < -0.39 is 0 Å². The maximum absolute atomic E-state index is 4.17. The third-order valence-corrected chi connectivity index (χ3v) is 2.57. The summed E-state index contributed by atoms with van der Waals surface area (Å²) in [5, 5.41) is 7.66. The van der Waals surface area contributed by atoms with E-state index in [1.165, 1.54) is 12.8 Å². The van der Waals surface area contributed by atoms with Crippen molar-refractivity contribution in [2.24, 2.45) is 5.92 Å². The van der Waals surface area contributed by atoms with Crippen molar-refractivity contribution >= 4 is 0 Å². The molecule has 1 rings (SSSR count). The fourth-order valence-corrected chi connectivity index (χ4v) is 1.74. The van der Waals surface area contributed by atoms with Gasteiger partial charge >= 0.3 is 0 Å². The predicted octanol–water partition coefficient (Wildman–Crippen LogP) is 2.30. The summed E-state index contributed by atoms with van der Waals surface area (Å²) < 4.78 is 1.98. The summed E-state index contributed by atoms with van der Waals surface area (Å²) >= 11 is 0. The number of aromatic nitrogens is 2. The average Bonchev–Trinajstić information content (AvgIpc) is 2.70. The Labute approximate surface area is 92.9 Å². The van der Waals surface area contributed by atoms with Crippen molar-refractivity contribution < 1.29 is 0 Å². The fraction of sp³-hybridized carbons (Fsp3) is 0.750. The highest BCUT2D eigenvalue weighted by Crippen LogP contribution is 2.02. The van der Waals surface area contributed by atoms with Gasteiger partial charge in [0.15, 0.2) is 0 Å². The zero-order chi connectivity index (χ0) is 10.9. The van der Waals surface area contributed by atoms with Gasteiger partial charge in [-0.3, -0.25) is 4.68 Å². The molecule has 3 heteroatoms. The molecule has 0 aliphatic rings. The van der Waals surface area contributed by atoms with Crippen molar-refractivity contribution in [3.63, 3.8) is 0 Å². The van der Waals surface area contributed by atoms with Gasteiger partial charge in [-0.05, 0) is 37.9 Å². The SMILES string of the molecule is CCCC(C)CNCCCn1cccn1. The van der Waals surface area contributed by atoms with E-state index in [2.05, 4.69) is 24.3 Å². The topological polar surface area (TPSA) is 29.9 Å². The Morgan fingerprint density at radius 3 is 3.00 bits per heavy atom. The normalized spacial score (nSPS) is 12.9. The monoisotopic (exact) mass is 209 g/mol. The summed E-state index contributed by atoms with van der Waals surface area (Å²) in [7, 11) is 0. The van der Waals surface area contributed by atoms with Crippen LogP contribution >= 0.6 is 0 Å². The molecule has 1 unspecified atom stereocenters. The van der Waals surface area contributed by atoms with Crippen molar-refractivity contribution in [1.82, 2.24) is 15.1 Å². The van der Waals surface area contributed by atoms with Gasteiger partial charge in [0, 0.05) is 18.9 Å². The summed E-state index contributed by atoms with van der Waals surface area (Å²) in [4.78, 5) is 0. The first-order chi connectivity index (χ1) is 7.33. The Balaban J connectivity index is 1.93. The number of aryl methyl sites for hydroxylation is 1. The van der Waals surface area contributed by atoms with Crippen LogP contribution in [0.1, 0.15) is 33.1 Å². The van der Waals surface area contributed by atoms with Crippen LogP contribution in [0, 0.1) is 5.92 Å².